The predicted molar refractivity (Wildman–Crippen MR) is 88.2 cm³/mol. The van der Waals surface area contributed by atoms with Crippen LogP contribution in [0.2, 0.25) is 0 Å². The van der Waals surface area contributed by atoms with Crippen LogP contribution >= 0.6 is 0 Å². The number of aromatic nitrogens is 1. The van der Waals surface area contributed by atoms with Gasteiger partial charge in [-0.2, -0.15) is 0 Å². The van der Waals surface area contributed by atoms with Crippen molar-refractivity contribution in [2.24, 2.45) is 0 Å². The maximum Gasteiger partial charge on any atom is 0.371 e. The van der Waals surface area contributed by atoms with Crippen molar-refractivity contribution in [1.82, 2.24) is 4.98 Å². The number of pyridine rings is 1. The largest absolute Gasteiger partial charge is 0.489 e. The molecule has 0 spiro atoms. The molecule has 5 heteroatoms. The molecule has 0 atom stereocenters. The number of aryl methyl sites for hydroxylation is 1. The molecule has 0 saturated heterocycles. The molecule has 0 aliphatic heterocycles. The number of carboxylic acids is 1. The summed E-state index contributed by atoms with van der Waals surface area (Å²) in [6.07, 6.45) is 3.93. The molecule has 5 nitrogen and oxygen atoms in total. The number of benzene rings is 1. The Morgan fingerprint density at radius 2 is 1.96 bits per heavy atom. The second kappa shape index (κ2) is 7.00. The molecule has 3 rings (SSSR count). The highest BCUT2D eigenvalue weighted by Gasteiger charge is 2.12. The summed E-state index contributed by atoms with van der Waals surface area (Å²) in [6.45, 7) is 2.44. The van der Waals surface area contributed by atoms with Crippen molar-refractivity contribution in [3.63, 3.8) is 0 Å². The number of carboxylic acid groups (broad SMARTS) is 1. The number of carbonyl (C=O) groups is 1. The molecule has 0 amide bonds. The number of hydrogen-bond donors (Lipinski definition) is 1. The quantitative estimate of drug-likeness (QED) is 0.746. The van der Waals surface area contributed by atoms with Crippen LogP contribution in [0.15, 0.2) is 59.3 Å². The normalized spacial score (nSPS) is 10.5. The van der Waals surface area contributed by atoms with Gasteiger partial charge < -0.3 is 14.3 Å². The molecule has 24 heavy (non-hydrogen) atoms. The third-order valence-corrected chi connectivity index (χ3v) is 3.60. The third kappa shape index (κ3) is 3.81. The summed E-state index contributed by atoms with van der Waals surface area (Å²) >= 11 is 0. The summed E-state index contributed by atoms with van der Waals surface area (Å²) in [5.41, 5.74) is 3.09. The summed E-state index contributed by atoms with van der Waals surface area (Å²) in [5, 5.41) is 8.95. The Hall–Kier alpha value is -3.08. The van der Waals surface area contributed by atoms with Crippen molar-refractivity contribution in [2.45, 2.75) is 20.0 Å². The molecule has 0 saturated carbocycles. The molecule has 0 unspecified atom stereocenters. The van der Waals surface area contributed by atoms with Crippen LogP contribution in [0.3, 0.4) is 0 Å². The fourth-order valence-corrected chi connectivity index (χ4v) is 2.40. The van der Waals surface area contributed by atoms with Crippen LogP contribution in [0.5, 0.6) is 5.75 Å². The van der Waals surface area contributed by atoms with Crippen molar-refractivity contribution in [2.75, 3.05) is 0 Å². The van der Waals surface area contributed by atoms with Crippen LogP contribution in [0.1, 0.15) is 33.0 Å². The zero-order valence-electron chi connectivity index (χ0n) is 13.2. The van der Waals surface area contributed by atoms with Crippen LogP contribution < -0.4 is 4.74 Å². The average Bonchev–Trinajstić information content (AvgIpc) is 3.04. The van der Waals surface area contributed by atoms with Crippen LogP contribution in [-0.4, -0.2) is 16.1 Å². The summed E-state index contributed by atoms with van der Waals surface area (Å²) in [4.78, 5) is 14.9. The Morgan fingerprint density at radius 1 is 1.17 bits per heavy atom. The molecule has 0 aliphatic rings. The Balaban J connectivity index is 1.78. The van der Waals surface area contributed by atoms with E-state index < -0.39 is 5.97 Å². The third-order valence-electron chi connectivity index (χ3n) is 3.60. The van der Waals surface area contributed by atoms with Gasteiger partial charge in [-0.05, 0) is 42.8 Å². The number of aromatic carboxylic acids is 1. The van der Waals surface area contributed by atoms with Crippen LogP contribution in [-0.2, 0) is 13.0 Å². The fourth-order valence-electron chi connectivity index (χ4n) is 2.40. The van der Waals surface area contributed by atoms with Gasteiger partial charge in [0.15, 0.2) is 0 Å². The van der Waals surface area contributed by atoms with Gasteiger partial charge in [0.1, 0.15) is 18.1 Å². The number of hydrogen-bond acceptors (Lipinski definition) is 4. The highest BCUT2D eigenvalue weighted by molar-refractivity contribution is 5.84. The maximum absolute atomic E-state index is 10.9. The summed E-state index contributed by atoms with van der Waals surface area (Å²) in [7, 11) is 0. The van der Waals surface area contributed by atoms with E-state index in [1.54, 1.807) is 18.5 Å². The highest BCUT2D eigenvalue weighted by Crippen LogP contribution is 2.25. The van der Waals surface area contributed by atoms with Crippen LogP contribution in [0.4, 0.5) is 0 Å². The summed E-state index contributed by atoms with van der Waals surface area (Å²) in [6, 6.07) is 12.9. The van der Waals surface area contributed by atoms with E-state index in [2.05, 4.69) is 4.98 Å². The molecule has 122 valence electrons. The van der Waals surface area contributed by atoms with E-state index in [9.17, 15) is 4.79 Å². The standard InChI is InChI=1S/C19H17NO4/c1-13-2-4-17(23-12-14-6-8-20-9-7-14)15(10-13)11-16-3-5-18(24-16)19(21)22/h2-10H,11-12H2,1H3,(H,21,22). The van der Waals surface area contributed by atoms with Crippen molar-refractivity contribution >= 4 is 5.97 Å². The minimum absolute atomic E-state index is 0.0584. The van der Waals surface area contributed by atoms with E-state index in [1.165, 1.54) is 6.07 Å². The lowest BCUT2D eigenvalue weighted by molar-refractivity contribution is 0.0660. The van der Waals surface area contributed by atoms with Gasteiger partial charge in [0, 0.05) is 24.4 Å². The minimum Gasteiger partial charge on any atom is -0.489 e. The fraction of sp³-hybridized carbons (Fsp3) is 0.158. The van der Waals surface area contributed by atoms with E-state index in [4.69, 9.17) is 14.3 Å². The topological polar surface area (TPSA) is 72.6 Å². The van der Waals surface area contributed by atoms with Crippen molar-refractivity contribution in [3.05, 3.63) is 83.1 Å². The zero-order chi connectivity index (χ0) is 16.9. The molecule has 0 fully saturated rings. The van der Waals surface area contributed by atoms with E-state index in [0.29, 0.717) is 18.8 Å². The van der Waals surface area contributed by atoms with E-state index in [1.807, 2.05) is 37.3 Å². The predicted octanol–water partition coefficient (Wildman–Crippen LogP) is 3.85. The smallest absolute Gasteiger partial charge is 0.371 e. The summed E-state index contributed by atoms with van der Waals surface area (Å²) in [5.74, 6) is 0.217. The molecule has 0 bridgehead atoms. The van der Waals surface area contributed by atoms with Crippen molar-refractivity contribution in [1.29, 1.82) is 0 Å². The number of nitrogens with zero attached hydrogens (tertiary/aromatic N) is 1. The SMILES string of the molecule is Cc1ccc(OCc2ccncc2)c(Cc2ccc(C(=O)O)o2)c1. The van der Waals surface area contributed by atoms with Gasteiger partial charge >= 0.3 is 5.97 Å². The molecule has 1 aromatic carbocycles. The van der Waals surface area contributed by atoms with Crippen LogP contribution in [0, 0.1) is 6.92 Å². The van der Waals surface area contributed by atoms with Crippen molar-refractivity contribution in [3.8, 4) is 5.75 Å². The lowest BCUT2D eigenvalue weighted by Crippen LogP contribution is -2.00. The molecule has 3 aromatic rings. The molecular formula is C19H17NO4. The summed E-state index contributed by atoms with van der Waals surface area (Å²) < 4.78 is 11.3. The minimum atomic E-state index is -1.07. The molecule has 1 N–H and O–H groups in total. The number of rotatable bonds is 6. The Morgan fingerprint density at radius 3 is 2.67 bits per heavy atom. The van der Waals surface area contributed by atoms with Gasteiger partial charge in [-0.25, -0.2) is 4.79 Å². The Kier molecular flexibility index (Phi) is 4.61. The molecule has 0 aliphatic carbocycles. The highest BCUT2D eigenvalue weighted by atomic mass is 16.5. The van der Waals surface area contributed by atoms with Gasteiger partial charge in [0.2, 0.25) is 5.76 Å². The lowest BCUT2D eigenvalue weighted by atomic mass is 10.1. The number of furan rings is 1. The average molecular weight is 323 g/mol. The van der Waals surface area contributed by atoms with E-state index >= 15 is 0 Å². The molecular weight excluding hydrogens is 306 g/mol. The first-order valence-electron chi connectivity index (χ1n) is 7.55. The van der Waals surface area contributed by atoms with Gasteiger partial charge in [-0.3, -0.25) is 4.98 Å². The van der Waals surface area contributed by atoms with E-state index in [-0.39, 0.29) is 5.76 Å². The first kappa shape index (κ1) is 15.8. The van der Waals surface area contributed by atoms with Crippen molar-refractivity contribution < 1.29 is 19.1 Å². The first-order valence-corrected chi connectivity index (χ1v) is 7.55. The monoisotopic (exact) mass is 323 g/mol. The number of ether oxygens (including phenoxy) is 1. The molecule has 2 heterocycles. The van der Waals surface area contributed by atoms with Gasteiger partial charge in [0.05, 0.1) is 0 Å². The van der Waals surface area contributed by atoms with Gasteiger partial charge in [-0.1, -0.05) is 17.7 Å². The van der Waals surface area contributed by atoms with E-state index in [0.717, 1.165) is 22.4 Å². The first-order chi connectivity index (χ1) is 11.6. The maximum atomic E-state index is 10.9. The second-order valence-corrected chi connectivity index (χ2v) is 5.50. The Labute approximate surface area is 139 Å². The lowest BCUT2D eigenvalue weighted by Gasteiger charge is -2.12. The molecule has 2 aromatic heterocycles. The van der Waals surface area contributed by atoms with Gasteiger partial charge in [0.25, 0.3) is 0 Å². The van der Waals surface area contributed by atoms with Gasteiger partial charge in [-0.15, -0.1) is 0 Å². The second-order valence-electron chi connectivity index (χ2n) is 5.50. The van der Waals surface area contributed by atoms with Crippen LogP contribution in [0.25, 0.3) is 0 Å². The molecule has 0 radical (unpaired) electrons. The Bertz CT molecular complexity index is 840. The zero-order valence-corrected chi connectivity index (χ0v) is 13.2.